The Hall–Kier alpha value is -1.46. The van der Waals surface area contributed by atoms with Crippen molar-refractivity contribution in [2.45, 2.75) is 246 Å². The van der Waals surface area contributed by atoms with Gasteiger partial charge in [-0.05, 0) is 25.7 Å². The molecule has 0 bridgehead atoms. The van der Waals surface area contributed by atoms with E-state index in [2.05, 4.69) is 48.3 Å². The molecule has 0 saturated heterocycles. The zero-order valence-electron chi connectivity index (χ0n) is 34.9. The molecule has 0 aromatic rings. The molecule has 6 N–H and O–H groups in total. The van der Waals surface area contributed by atoms with E-state index in [0.29, 0.717) is 11.9 Å². The second-order valence-corrected chi connectivity index (χ2v) is 15.0. The SMILES string of the molecule is CCCCCCCCCCCCCN=C(N)NCCCCCCCCCCCCC.CCCCCCCCN=C(N)NCCCCCCCC. The molecule has 50 heavy (non-hydrogen) atoms. The van der Waals surface area contributed by atoms with Crippen molar-refractivity contribution >= 4 is 11.9 Å². The summed E-state index contributed by atoms with van der Waals surface area (Å²) in [7, 11) is 0. The van der Waals surface area contributed by atoms with Crippen LogP contribution in [0.5, 0.6) is 0 Å². The maximum absolute atomic E-state index is 5.97. The van der Waals surface area contributed by atoms with Crippen molar-refractivity contribution in [2.24, 2.45) is 21.5 Å². The second kappa shape index (κ2) is 47.5. The molecule has 6 heteroatoms. The summed E-state index contributed by atoms with van der Waals surface area (Å²) in [5.41, 5.74) is 11.8. The quantitative estimate of drug-likeness (QED) is 0.0292. The molecule has 0 amide bonds. The van der Waals surface area contributed by atoms with Crippen LogP contribution in [0.25, 0.3) is 0 Å². The monoisotopic (exact) mass is 707 g/mol. The summed E-state index contributed by atoms with van der Waals surface area (Å²) in [6, 6.07) is 0. The van der Waals surface area contributed by atoms with E-state index in [-0.39, 0.29) is 0 Å². The van der Waals surface area contributed by atoms with Crippen molar-refractivity contribution in [1.29, 1.82) is 0 Å². The highest BCUT2D eigenvalue weighted by atomic mass is 15.1. The van der Waals surface area contributed by atoms with Gasteiger partial charge in [0.25, 0.3) is 0 Å². The molecule has 0 aliphatic rings. The Labute approximate surface area is 315 Å². The van der Waals surface area contributed by atoms with Crippen LogP contribution in [-0.2, 0) is 0 Å². The first-order valence-electron chi connectivity index (χ1n) is 22.7. The number of unbranched alkanes of at least 4 members (excludes halogenated alkanes) is 30. The Morgan fingerprint density at radius 2 is 0.500 bits per heavy atom. The molecular weight excluding hydrogens is 613 g/mol. The summed E-state index contributed by atoms with van der Waals surface area (Å²) in [6.45, 7) is 12.8. The van der Waals surface area contributed by atoms with Gasteiger partial charge in [-0.15, -0.1) is 0 Å². The third-order valence-electron chi connectivity index (χ3n) is 9.76. The minimum atomic E-state index is 0.632. The highest BCUT2D eigenvalue weighted by molar-refractivity contribution is 5.78. The van der Waals surface area contributed by atoms with Gasteiger partial charge in [-0.3, -0.25) is 9.98 Å². The third-order valence-corrected chi connectivity index (χ3v) is 9.76. The number of hydrogen-bond acceptors (Lipinski definition) is 2. The number of nitrogens with zero attached hydrogens (tertiary/aromatic N) is 2. The highest BCUT2D eigenvalue weighted by Crippen LogP contribution is 2.12. The molecule has 0 radical (unpaired) electrons. The van der Waals surface area contributed by atoms with E-state index < -0.39 is 0 Å². The fourth-order valence-electron chi connectivity index (χ4n) is 6.31. The molecule has 0 fully saturated rings. The van der Waals surface area contributed by atoms with Gasteiger partial charge >= 0.3 is 0 Å². The van der Waals surface area contributed by atoms with E-state index in [4.69, 9.17) is 11.5 Å². The Balaban J connectivity index is 0. The zero-order chi connectivity index (χ0) is 36.9. The van der Waals surface area contributed by atoms with Crippen LogP contribution in [0, 0.1) is 0 Å². The predicted molar refractivity (Wildman–Crippen MR) is 229 cm³/mol. The first-order chi connectivity index (χ1) is 24.6. The smallest absolute Gasteiger partial charge is 0.188 e. The summed E-state index contributed by atoms with van der Waals surface area (Å²) in [6.07, 6.45) is 46.1. The minimum absolute atomic E-state index is 0.632. The first kappa shape index (κ1) is 50.6. The predicted octanol–water partition coefficient (Wildman–Crippen LogP) is 13.1. The maximum atomic E-state index is 5.97. The molecule has 0 aromatic carbocycles. The molecule has 0 heterocycles. The maximum Gasteiger partial charge on any atom is 0.188 e. The van der Waals surface area contributed by atoms with Crippen molar-refractivity contribution < 1.29 is 0 Å². The molecule has 300 valence electrons. The van der Waals surface area contributed by atoms with Crippen LogP contribution in [0.1, 0.15) is 246 Å². The number of hydrogen-bond donors (Lipinski definition) is 4. The van der Waals surface area contributed by atoms with E-state index >= 15 is 0 Å². The first-order valence-corrected chi connectivity index (χ1v) is 22.7. The molecule has 0 spiro atoms. The van der Waals surface area contributed by atoms with E-state index in [1.54, 1.807) is 0 Å². The topological polar surface area (TPSA) is 101 Å². The van der Waals surface area contributed by atoms with E-state index in [9.17, 15) is 0 Å². The summed E-state index contributed by atoms with van der Waals surface area (Å²) in [5.74, 6) is 1.28. The van der Waals surface area contributed by atoms with Crippen LogP contribution in [-0.4, -0.2) is 38.1 Å². The molecule has 0 aliphatic carbocycles. The van der Waals surface area contributed by atoms with E-state index in [1.165, 1.54) is 218 Å². The lowest BCUT2D eigenvalue weighted by Gasteiger charge is -2.06. The van der Waals surface area contributed by atoms with Crippen LogP contribution in [0.15, 0.2) is 9.98 Å². The van der Waals surface area contributed by atoms with Gasteiger partial charge in [0.05, 0.1) is 0 Å². The Bertz CT molecular complexity index is 665. The normalized spacial score (nSPS) is 11.8. The number of nitrogens with one attached hydrogen (secondary N) is 2. The van der Waals surface area contributed by atoms with Crippen molar-refractivity contribution in [2.75, 3.05) is 26.2 Å². The summed E-state index contributed by atoms with van der Waals surface area (Å²) >= 11 is 0. The number of rotatable bonds is 38. The lowest BCUT2D eigenvalue weighted by atomic mass is 10.1. The lowest BCUT2D eigenvalue weighted by Crippen LogP contribution is -2.32. The van der Waals surface area contributed by atoms with Gasteiger partial charge in [0.2, 0.25) is 0 Å². The molecule has 0 rings (SSSR count). The van der Waals surface area contributed by atoms with E-state index in [0.717, 1.165) is 26.2 Å². The molecule has 6 nitrogen and oxygen atoms in total. The van der Waals surface area contributed by atoms with Crippen LogP contribution < -0.4 is 22.1 Å². The minimum Gasteiger partial charge on any atom is -0.370 e. The molecular formula is C44H94N6. The second-order valence-electron chi connectivity index (χ2n) is 15.0. The third kappa shape index (κ3) is 48.7. The Morgan fingerprint density at radius 1 is 0.300 bits per heavy atom. The standard InChI is InChI=1S/C27H57N3.C17H37N3/c1-3-5-7-9-11-13-15-17-19-21-23-25-29-27(28)30-26-24-22-20-18-16-14-12-10-8-6-4-2;1-3-5-7-9-11-13-15-19-17(18)20-16-14-12-10-8-6-4-2/h3-26H2,1-2H3,(H3,28,29,30);3-16H2,1-2H3,(H3,18,19,20). The van der Waals surface area contributed by atoms with Gasteiger partial charge in [-0.25, -0.2) is 0 Å². The van der Waals surface area contributed by atoms with Gasteiger partial charge in [-0.1, -0.05) is 220 Å². The average Bonchev–Trinajstić information content (AvgIpc) is 3.12. The largest absolute Gasteiger partial charge is 0.370 e. The van der Waals surface area contributed by atoms with Crippen LogP contribution in [0.3, 0.4) is 0 Å². The van der Waals surface area contributed by atoms with Crippen molar-refractivity contribution in [1.82, 2.24) is 10.6 Å². The van der Waals surface area contributed by atoms with Crippen LogP contribution in [0.4, 0.5) is 0 Å². The Morgan fingerprint density at radius 3 is 0.740 bits per heavy atom. The highest BCUT2D eigenvalue weighted by Gasteiger charge is 1.97. The van der Waals surface area contributed by atoms with Gasteiger partial charge < -0.3 is 22.1 Å². The molecule has 0 saturated carbocycles. The Kier molecular flexibility index (Phi) is 48.2. The number of aliphatic imine (C=N–C) groups is 2. The van der Waals surface area contributed by atoms with Crippen molar-refractivity contribution in [3.05, 3.63) is 0 Å². The summed E-state index contributed by atoms with van der Waals surface area (Å²) in [5, 5.41) is 6.49. The van der Waals surface area contributed by atoms with Crippen LogP contribution >= 0.6 is 0 Å². The fourth-order valence-corrected chi connectivity index (χ4v) is 6.31. The molecule has 0 aliphatic heterocycles. The zero-order valence-corrected chi connectivity index (χ0v) is 34.9. The lowest BCUT2D eigenvalue weighted by molar-refractivity contribution is 0.547. The molecule has 0 atom stereocenters. The van der Waals surface area contributed by atoms with Gasteiger partial charge in [0, 0.05) is 26.2 Å². The molecule has 0 aromatic heterocycles. The fraction of sp³-hybridized carbons (Fsp3) is 0.955. The number of guanidine groups is 2. The van der Waals surface area contributed by atoms with Gasteiger partial charge in [0.1, 0.15) is 0 Å². The van der Waals surface area contributed by atoms with Gasteiger partial charge in [0.15, 0.2) is 11.9 Å². The van der Waals surface area contributed by atoms with Gasteiger partial charge in [-0.2, -0.15) is 0 Å². The van der Waals surface area contributed by atoms with Crippen LogP contribution in [0.2, 0.25) is 0 Å². The average molecular weight is 707 g/mol. The van der Waals surface area contributed by atoms with E-state index in [1.807, 2.05) is 0 Å². The summed E-state index contributed by atoms with van der Waals surface area (Å²) in [4.78, 5) is 8.84. The number of nitrogens with two attached hydrogens (primary N) is 2. The van der Waals surface area contributed by atoms with Crippen molar-refractivity contribution in [3.63, 3.8) is 0 Å². The molecule has 0 unspecified atom stereocenters. The summed E-state index contributed by atoms with van der Waals surface area (Å²) < 4.78 is 0. The van der Waals surface area contributed by atoms with Crippen molar-refractivity contribution in [3.8, 4) is 0 Å².